The van der Waals surface area contributed by atoms with Gasteiger partial charge < -0.3 is 43.8 Å². The number of hydrogen-bond acceptors (Lipinski definition) is 12. The first-order valence-corrected chi connectivity index (χ1v) is 14.9. The van der Waals surface area contributed by atoms with E-state index >= 15 is 0 Å². The maximum absolute atomic E-state index is 12.2. The lowest BCUT2D eigenvalue weighted by Gasteiger charge is -2.18. The van der Waals surface area contributed by atoms with Gasteiger partial charge in [0, 0.05) is 20.1 Å². The molecule has 14 nitrogen and oxygen atoms in total. The molecule has 0 radical (unpaired) electrons. The summed E-state index contributed by atoms with van der Waals surface area (Å²) < 4.78 is 62.7. The van der Waals surface area contributed by atoms with E-state index < -0.39 is 34.4 Å². The number of amides is 1. The van der Waals surface area contributed by atoms with E-state index in [4.69, 9.17) is 32.7 Å². The Bertz CT molecular complexity index is 925. The van der Waals surface area contributed by atoms with Crippen LogP contribution in [0.4, 0.5) is 4.79 Å². The quantitative estimate of drug-likeness (QED) is 0.0761. The Kier molecular flexibility index (Phi) is 19.2. The molecule has 0 aliphatic carbocycles. The van der Waals surface area contributed by atoms with Crippen molar-refractivity contribution in [3.8, 4) is 0 Å². The second-order valence-corrected chi connectivity index (χ2v) is 10.6. The van der Waals surface area contributed by atoms with Gasteiger partial charge in [0.05, 0.1) is 25.6 Å². The molecule has 1 aromatic rings. The number of furan rings is 1. The van der Waals surface area contributed by atoms with Gasteiger partial charge in [0.2, 0.25) is 0 Å². The van der Waals surface area contributed by atoms with Crippen molar-refractivity contribution in [3.05, 3.63) is 23.7 Å². The van der Waals surface area contributed by atoms with E-state index in [1.165, 1.54) is 6.92 Å². The first-order valence-electron chi connectivity index (χ1n) is 13.3. The van der Waals surface area contributed by atoms with Gasteiger partial charge in [0.1, 0.15) is 37.4 Å². The third kappa shape index (κ3) is 20.6. The summed E-state index contributed by atoms with van der Waals surface area (Å²) in [7, 11) is -2.13. The molecule has 0 spiro atoms. The molecule has 1 rings (SSSR count). The van der Waals surface area contributed by atoms with Crippen molar-refractivity contribution in [2.45, 2.75) is 64.4 Å². The van der Waals surface area contributed by atoms with Gasteiger partial charge >= 0.3 is 12.1 Å². The summed E-state index contributed by atoms with van der Waals surface area (Å²) in [4.78, 5) is 23.0. The molecule has 0 bridgehead atoms. The zero-order valence-electron chi connectivity index (χ0n) is 23.3. The van der Waals surface area contributed by atoms with Crippen LogP contribution < -0.4 is 10.6 Å². The minimum Gasteiger partial charge on any atom is -0.463 e. The van der Waals surface area contributed by atoms with Crippen molar-refractivity contribution in [1.82, 2.24) is 10.6 Å². The van der Waals surface area contributed by atoms with Crippen molar-refractivity contribution in [2.24, 2.45) is 0 Å². The molecule has 1 aromatic heterocycles. The first-order chi connectivity index (χ1) is 19.1. The lowest BCUT2D eigenvalue weighted by Crippen LogP contribution is -2.34. The average molecular weight is 597 g/mol. The third-order valence-electron chi connectivity index (χ3n) is 5.19. The third-order valence-corrected chi connectivity index (χ3v) is 5.99. The van der Waals surface area contributed by atoms with Crippen LogP contribution in [0.2, 0.25) is 0 Å². The predicted molar refractivity (Wildman–Crippen MR) is 143 cm³/mol. The fourth-order valence-electron chi connectivity index (χ4n) is 3.23. The molecule has 1 amide bonds. The number of nitrogens with one attached hydrogen (secondary N) is 2. The van der Waals surface area contributed by atoms with E-state index in [0.29, 0.717) is 24.5 Å². The summed E-state index contributed by atoms with van der Waals surface area (Å²) in [5, 5.41) is 15.5. The second kappa shape index (κ2) is 21.5. The normalized spacial score (nSPS) is 13.1. The molecule has 232 valence electrons. The molecule has 0 saturated carbocycles. The van der Waals surface area contributed by atoms with Crippen LogP contribution in [0.3, 0.4) is 0 Å². The number of ether oxygens (including phenoxy) is 5. The number of rotatable bonds is 24. The highest BCUT2D eigenvalue weighted by Gasteiger charge is 2.16. The van der Waals surface area contributed by atoms with Crippen LogP contribution >= 0.6 is 0 Å². The van der Waals surface area contributed by atoms with Crippen LogP contribution in [0.1, 0.15) is 50.5 Å². The highest BCUT2D eigenvalue weighted by molar-refractivity contribution is 7.85. The molecule has 1 heterocycles. The maximum atomic E-state index is 12.2. The van der Waals surface area contributed by atoms with Crippen LogP contribution in [0.15, 0.2) is 16.5 Å². The summed E-state index contributed by atoms with van der Waals surface area (Å²) in [6.45, 7) is 2.93. The molecular weight excluding hydrogens is 552 g/mol. The summed E-state index contributed by atoms with van der Waals surface area (Å²) in [6.07, 6.45) is 1.18. The van der Waals surface area contributed by atoms with Crippen molar-refractivity contribution in [1.29, 1.82) is 0 Å². The maximum Gasteiger partial charge on any atom is 0.407 e. The Morgan fingerprint density at radius 1 is 0.925 bits per heavy atom. The van der Waals surface area contributed by atoms with Crippen molar-refractivity contribution in [3.63, 3.8) is 0 Å². The minimum atomic E-state index is -4.01. The molecule has 4 N–H and O–H groups in total. The van der Waals surface area contributed by atoms with Crippen molar-refractivity contribution < 1.29 is 55.8 Å². The molecule has 0 saturated heterocycles. The van der Waals surface area contributed by atoms with E-state index in [0.717, 1.165) is 25.8 Å². The highest BCUT2D eigenvalue weighted by atomic mass is 32.2. The molecule has 15 heteroatoms. The van der Waals surface area contributed by atoms with Gasteiger partial charge in [-0.1, -0.05) is 6.42 Å². The summed E-state index contributed by atoms with van der Waals surface area (Å²) in [6, 6.07) is 3.40. The number of unbranched alkanes of at least 4 members (excludes halogenated alkanes) is 3. The fraction of sp³-hybridized carbons (Fsp3) is 0.760. The number of aliphatic hydroxyl groups excluding tert-OH is 1. The smallest absolute Gasteiger partial charge is 0.407 e. The number of aliphatic hydroxyl groups is 1. The first kappa shape index (κ1) is 35.8. The van der Waals surface area contributed by atoms with Gasteiger partial charge in [-0.25, -0.2) is 4.79 Å². The van der Waals surface area contributed by atoms with Crippen LogP contribution in [-0.4, -0.2) is 101 Å². The van der Waals surface area contributed by atoms with Crippen LogP contribution in [0.5, 0.6) is 0 Å². The number of alkyl carbamates (subject to hydrolysis) is 1. The van der Waals surface area contributed by atoms with Gasteiger partial charge in [-0.05, 0) is 51.4 Å². The van der Waals surface area contributed by atoms with E-state index in [2.05, 4.69) is 10.6 Å². The molecule has 0 fully saturated rings. The molecule has 0 aromatic carbocycles. The fourth-order valence-corrected chi connectivity index (χ4v) is 3.80. The number of esters is 1. The molecule has 0 aliphatic heterocycles. The van der Waals surface area contributed by atoms with Crippen LogP contribution in [-0.2, 0) is 51.8 Å². The van der Waals surface area contributed by atoms with Gasteiger partial charge in [-0.15, -0.1) is 0 Å². The zero-order valence-corrected chi connectivity index (χ0v) is 24.1. The average Bonchev–Trinajstić information content (AvgIpc) is 3.33. The minimum absolute atomic E-state index is 0.0233. The standard InChI is InChI=1S/C25H44N2O12S/c1-20(28)37-15-21(29)14-35-16-22-8-9-23(38-22)17-36-19-24(18-34-12-6-7-13-40(31,32)33)39-25(30)27-11-5-3-4-10-26-2/h8-9,21,24,26,29H,3-7,10-19H2,1-2H3,(H,27,30)(H,31,32,33). The molecule has 40 heavy (non-hydrogen) atoms. The summed E-state index contributed by atoms with van der Waals surface area (Å²) >= 11 is 0. The Morgan fingerprint density at radius 3 is 2.23 bits per heavy atom. The molecular formula is C25H44N2O12S. The van der Waals surface area contributed by atoms with Crippen molar-refractivity contribution >= 4 is 22.2 Å². The largest absolute Gasteiger partial charge is 0.463 e. The Balaban J connectivity index is 2.42. The van der Waals surface area contributed by atoms with Gasteiger partial charge in [-0.2, -0.15) is 8.42 Å². The second-order valence-electron chi connectivity index (χ2n) is 9.04. The van der Waals surface area contributed by atoms with Crippen LogP contribution in [0.25, 0.3) is 0 Å². The van der Waals surface area contributed by atoms with E-state index in [-0.39, 0.29) is 58.4 Å². The lowest BCUT2D eigenvalue weighted by molar-refractivity contribution is -0.145. The predicted octanol–water partition coefficient (Wildman–Crippen LogP) is 1.41. The topological polar surface area (TPSA) is 192 Å². The van der Waals surface area contributed by atoms with Crippen molar-refractivity contribution in [2.75, 3.05) is 58.9 Å². The Labute approximate surface area is 235 Å². The molecule has 0 aliphatic rings. The summed E-state index contributed by atoms with van der Waals surface area (Å²) in [5.74, 6) is 0.186. The van der Waals surface area contributed by atoms with Gasteiger partial charge in [0.25, 0.3) is 10.1 Å². The SMILES string of the molecule is CNCCCCCNC(=O)OC(COCCCCS(=O)(=O)O)COCc1ccc(COCC(O)COC(C)=O)o1. The Morgan fingerprint density at radius 2 is 1.57 bits per heavy atom. The lowest BCUT2D eigenvalue weighted by atomic mass is 10.2. The monoisotopic (exact) mass is 596 g/mol. The van der Waals surface area contributed by atoms with Crippen LogP contribution in [0, 0.1) is 0 Å². The molecule has 2 atom stereocenters. The summed E-state index contributed by atoms with van der Waals surface area (Å²) in [5.41, 5.74) is 0. The Hall–Kier alpha value is -2.27. The van der Waals surface area contributed by atoms with Gasteiger partial charge in [-0.3, -0.25) is 9.35 Å². The highest BCUT2D eigenvalue weighted by Crippen LogP contribution is 2.11. The van der Waals surface area contributed by atoms with E-state index in [9.17, 15) is 23.1 Å². The molecule has 2 unspecified atom stereocenters. The number of hydrogen-bond donors (Lipinski definition) is 4. The zero-order chi connectivity index (χ0) is 29.6. The number of carbonyl (C=O) groups excluding carboxylic acids is 2. The number of carbonyl (C=O) groups is 2. The van der Waals surface area contributed by atoms with E-state index in [1.807, 2.05) is 7.05 Å². The van der Waals surface area contributed by atoms with Gasteiger partial charge in [0.15, 0.2) is 6.10 Å². The van der Waals surface area contributed by atoms with E-state index in [1.54, 1.807) is 12.1 Å².